The van der Waals surface area contributed by atoms with E-state index in [2.05, 4.69) is 20.3 Å². The standard InChI is InChI=1S/C21H24F3N5O3/c1-12(14-6-8-15(9-7-14)32-21(22,23)24)26-17(30)11-28-19(31)18-16(13(2)27-28)10-25-29(18)20(3,4)5/h6-10,12H,11H2,1-5H3,(H,26,30). The van der Waals surface area contributed by atoms with Crippen LogP contribution in [0.4, 0.5) is 13.2 Å². The third-order valence-electron chi connectivity index (χ3n) is 4.79. The Morgan fingerprint density at radius 1 is 1.19 bits per heavy atom. The van der Waals surface area contributed by atoms with Crippen molar-refractivity contribution in [3.63, 3.8) is 0 Å². The lowest BCUT2D eigenvalue weighted by Crippen LogP contribution is -2.36. The molecule has 2 aromatic heterocycles. The van der Waals surface area contributed by atoms with E-state index < -0.39 is 29.4 Å². The third kappa shape index (κ3) is 5.09. The maximum atomic E-state index is 13.0. The quantitative estimate of drug-likeness (QED) is 0.642. The van der Waals surface area contributed by atoms with Gasteiger partial charge in [0, 0.05) is 5.39 Å². The molecule has 2 heterocycles. The maximum Gasteiger partial charge on any atom is 0.573 e. The average Bonchev–Trinajstić information content (AvgIpc) is 3.11. The van der Waals surface area contributed by atoms with E-state index in [1.165, 1.54) is 24.3 Å². The number of ether oxygens (including phenoxy) is 1. The van der Waals surface area contributed by atoms with Gasteiger partial charge >= 0.3 is 6.36 Å². The molecule has 0 bridgehead atoms. The number of nitrogens with zero attached hydrogens (tertiary/aromatic N) is 4. The molecule has 1 N–H and O–H groups in total. The van der Waals surface area contributed by atoms with Gasteiger partial charge in [-0.05, 0) is 52.3 Å². The molecular weight excluding hydrogens is 427 g/mol. The van der Waals surface area contributed by atoms with E-state index in [0.29, 0.717) is 22.2 Å². The van der Waals surface area contributed by atoms with Gasteiger partial charge in [-0.15, -0.1) is 13.2 Å². The molecule has 0 radical (unpaired) electrons. The Morgan fingerprint density at radius 2 is 1.81 bits per heavy atom. The maximum absolute atomic E-state index is 13.0. The molecule has 0 spiro atoms. The smallest absolute Gasteiger partial charge is 0.406 e. The molecule has 0 aliphatic carbocycles. The number of rotatable bonds is 5. The first-order valence-corrected chi connectivity index (χ1v) is 9.87. The highest BCUT2D eigenvalue weighted by atomic mass is 19.4. The molecular formula is C21H24F3N5O3. The number of aryl methyl sites for hydroxylation is 1. The molecule has 1 aromatic carbocycles. The van der Waals surface area contributed by atoms with Crippen LogP contribution in [0.1, 0.15) is 45.0 Å². The molecule has 8 nitrogen and oxygen atoms in total. The topological polar surface area (TPSA) is 91.0 Å². The van der Waals surface area contributed by atoms with Crippen LogP contribution >= 0.6 is 0 Å². The first-order valence-electron chi connectivity index (χ1n) is 9.87. The lowest BCUT2D eigenvalue weighted by atomic mass is 10.1. The Hall–Kier alpha value is -3.37. The number of aromatic nitrogens is 4. The van der Waals surface area contributed by atoms with Crippen molar-refractivity contribution < 1.29 is 22.7 Å². The van der Waals surface area contributed by atoms with Crippen LogP contribution in [0, 0.1) is 6.92 Å². The van der Waals surface area contributed by atoms with Gasteiger partial charge in [-0.2, -0.15) is 10.2 Å². The predicted molar refractivity (Wildman–Crippen MR) is 111 cm³/mol. The van der Waals surface area contributed by atoms with E-state index in [0.717, 1.165) is 4.68 Å². The molecule has 0 saturated heterocycles. The van der Waals surface area contributed by atoms with Crippen molar-refractivity contribution in [2.24, 2.45) is 0 Å². The van der Waals surface area contributed by atoms with E-state index in [1.807, 2.05) is 20.8 Å². The average molecular weight is 451 g/mol. The normalized spacial score (nSPS) is 13.2. The monoisotopic (exact) mass is 451 g/mol. The molecule has 1 amide bonds. The molecule has 3 aromatic rings. The lowest BCUT2D eigenvalue weighted by Gasteiger charge is -2.20. The van der Waals surface area contributed by atoms with Crippen LogP contribution in [-0.2, 0) is 16.9 Å². The van der Waals surface area contributed by atoms with E-state index in [1.54, 1.807) is 24.7 Å². The summed E-state index contributed by atoms with van der Waals surface area (Å²) < 4.78 is 43.4. The first kappa shape index (κ1) is 23.3. The van der Waals surface area contributed by atoms with Crippen LogP contribution in [0.3, 0.4) is 0 Å². The number of hydrogen-bond donors (Lipinski definition) is 1. The Bertz CT molecular complexity index is 1190. The summed E-state index contributed by atoms with van der Waals surface area (Å²) >= 11 is 0. The SMILES string of the molecule is Cc1nn(CC(=O)NC(C)c2ccc(OC(F)(F)F)cc2)c(=O)c2c1cnn2C(C)(C)C. The second-order valence-electron chi connectivity index (χ2n) is 8.44. The molecule has 0 aliphatic rings. The number of hydrogen-bond acceptors (Lipinski definition) is 5. The van der Waals surface area contributed by atoms with Gasteiger partial charge in [-0.3, -0.25) is 14.3 Å². The van der Waals surface area contributed by atoms with Crippen LogP contribution in [0.2, 0.25) is 0 Å². The van der Waals surface area contributed by atoms with Crippen molar-refractivity contribution >= 4 is 16.8 Å². The predicted octanol–water partition coefficient (Wildman–Crippen LogP) is 3.43. The zero-order chi connectivity index (χ0) is 23.8. The molecule has 32 heavy (non-hydrogen) atoms. The lowest BCUT2D eigenvalue weighted by molar-refractivity contribution is -0.274. The molecule has 1 atom stereocenters. The molecule has 0 saturated carbocycles. The molecule has 0 aliphatic heterocycles. The number of benzene rings is 1. The minimum absolute atomic E-state index is 0.315. The van der Waals surface area contributed by atoms with Crippen molar-refractivity contribution in [2.75, 3.05) is 0 Å². The molecule has 1 unspecified atom stereocenters. The van der Waals surface area contributed by atoms with Gasteiger partial charge in [0.15, 0.2) is 0 Å². The van der Waals surface area contributed by atoms with Crippen LogP contribution in [0.25, 0.3) is 10.9 Å². The first-order chi connectivity index (χ1) is 14.8. The third-order valence-corrected chi connectivity index (χ3v) is 4.79. The van der Waals surface area contributed by atoms with Gasteiger partial charge in [0.05, 0.1) is 23.5 Å². The van der Waals surface area contributed by atoms with E-state index in [4.69, 9.17) is 0 Å². The van der Waals surface area contributed by atoms with E-state index in [-0.39, 0.29) is 12.3 Å². The van der Waals surface area contributed by atoms with Gasteiger partial charge in [-0.1, -0.05) is 12.1 Å². The summed E-state index contributed by atoms with van der Waals surface area (Å²) in [4.78, 5) is 25.6. The molecule has 172 valence electrons. The number of alkyl halides is 3. The molecule has 3 rings (SSSR count). The van der Waals surface area contributed by atoms with Crippen LogP contribution in [0.15, 0.2) is 35.3 Å². The van der Waals surface area contributed by atoms with Crippen LogP contribution in [-0.4, -0.2) is 31.8 Å². The van der Waals surface area contributed by atoms with Gasteiger partial charge in [0.25, 0.3) is 5.56 Å². The fourth-order valence-corrected chi connectivity index (χ4v) is 3.30. The highest BCUT2D eigenvalue weighted by Crippen LogP contribution is 2.24. The number of fused-ring (bicyclic) bond motifs is 1. The van der Waals surface area contributed by atoms with Gasteiger partial charge < -0.3 is 10.1 Å². The van der Waals surface area contributed by atoms with Crippen LogP contribution in [0.5, 0.6) is 5.75 Å². The van der Waals surface area contributed by atoms with Crippen molar-refractivity contribution in [1.82, 2.24) is 24.9 Å². The van der Waals surface area contributed by atoms with Crippen molar-refractivity contribution in [3.05, 3.63) is 52.1 Å². The minimum atomic E-state index is -4.77. The highest BCUT2D eigenvalue weighted by molar-refractivity contribution is 5.81. The zero-order valence-electron chi connectivity index (χ0n) is 18.3. The number of carbonyl (C=O) groups is 1. The fourth-order valence-electron chi connectivity index (χ4n) is 3.30. The van der Waals surface area contributed by atoms with Crippen molar-refractivity contribution in [1.29, 1.82) is 0 Å². The highest BCUT2D eigenvalue weighted by Gasteiger charge is 2.31. The largest absolute Gasteiger partial charge is 0.573 e. The van der Waals surface area contributed by atoms with E-state index in [9.17, 15) is 22.8 Å². The summed E-state index contributed by atoms with van der Waals surface area (Å²) in [6, 6.07) is 4.68. The Balaban J connectivity index is 1.77. The zero-order valence-corrected chi connectivity index (χ0v) is 18.3. The van der Waals surface area contributed by atoms with Gasteiger partial charge in [0.1, 0.15) is 17.8 Å². The van der Waals surface area contributed by atoms with Gasteiger partial charge in [-0.25, -0.2) is 4.68 Å². The second kappa shape index (κ2) is 8.29. The number of carbonyl (C=O) groups excluding carboxylic acids is 1. The summed E-state index contributed by atoms with van der Waals surface area (Å²) in [5.74, 6) is -0.821. The Morgan fingerprint density at radius 3 is 2.38 bits per heavy atom. The molecule has 11 heteroatoms. The van der Waals surface area contributed by atoms with Crippen molar-refractivity contribution in [2.45, 2.75) is 59.1 Å². The van der Waals surface area contributed by atoms with E-state index >= 15 is 0 Å². The molecule has 0 fully saturated rings. The Kier molecular flexibility index (Phi) is 6.03. The number of nitrogens with one attached hydrogen (secondary N) is 1. The minimum Gasteiger partial charge on any atom is -0.406 e. The second-order valence-corrected chi connectivity index (χ2v) is 8.44. The summed E-state index contributed by atoms with van der Waals surface area (Å²) in [5.41, 5.74) is 0.632. The summed E-state index contributed by atoms with van der Waals surface area (Å²) in [6.45, 7) is 8.84. The van der Waals surface area contributed by atoms with Crippen molar-refractivity contribution in [3.8, 4) is 5.75 Å². The summed E-state index contributed by atoms with van der Waals surface area (Å²) in [6.07, 6.45) is -3.19. The van der Waals surface area contributed by atoms with Gasteiger partial charge in [0.2, 0.25) is 5.91 Å². The number of halogens is 3. The summed E-state index contributed by atoms with van der Waals surface area (Å²) in [5, 5.41) is 11.9. The summed E-state index contributed by atoms with van der Waals surface area (Å²) in [7, 11) is 0. The Labute approximate surface area is 182 Å². The number of amides is 1. The fraction of sp³-hybridized carbons (Fsp3) is 0.429. The van der Waals surface area contributed by atoms with Crippen LogP contribution < -0.4 is 15.6 Å².